The largest absolute Gasteiger partial charge is 0.478 e. The molecule has 7 heteroatoms. The molecule has 0 saturated carbocycles. The van der Waals surface area contributed by atoms with Gasteiger partial charge < -0.3 is 5.11 Å². The van der Waals surface area contributed by atoms with Crippen LogP contribution < -0.4 is 4.72 Å². The molecular formula is C11H12ClNO4S. The first kappa shape index (κ1) is 14.7. The van der Waals surface area contributed by atoms with E-state index in [9.17, 15) is 13.2 Å². The van der Waals surface area contributed by atoms with E-state index in [4.69, 9.17) is 16.7 Å². The van der Waals surface area contributed by atoms with Crippen LogP contribution in [0.5, 0.6) is 0 Å². The molecule has 0 aliphatic heterocycles. The highest BCUT2D eigenvalue weighted by atomic mass is 35.5. The summed E-state index contributed by atoms with van der Waals surface area (Å²) in [6.45, 7) is 5.07. The van der Waals surface area contributed by atoms with Gasteiger partial charge in [0.05, 0.1) is 15.5 Å². The smallest absolute Gasteiger partial charge is 0.337 e. The molecule has 18 heavy (non-hydrogen) atoms. The van der Waals surface area contributed by atoms with E-state index in [0.717, 1.165) is 6.07 Å². The molecule has 0 aliphatic rings. The molecule has 0 amide bonds. The number of carboxylic acids is 1. The van der Waals surface area contributed by atoms with Gasteiger partial charge in [0.2, 0.25) is 10.0 Å². The highest BCUT2D eigenvalue weighted by molar-refractivity contribution is 7.89. The lowest BCUT2D eigenvalue weighted by Crippen LogP contribution is -2.31. The maximum Gasteiger partial charge on any atom is 0.337 e. The summed E-state index contributed by atoms with van der Waals surface area (Å²) in [7, 11) is -3.79. The summed E-state index contributed by atoms with van der Waals surface area (Å²) in [6.07, 6.45) is 1.42. The van der Waals surface area contributed by atoms with Gasteiger partial charge in [0.25, 0.3) is 0 Å². The minimum atomic E-state index is -3.79. The summed E-state index contributed by atoms with van der Waals surface area (Å²) in [5.74, 6) is -1.28. The maximum absolute atomic E-state index is 11.9. The molecule has 0 spiro atoms. The SMILES string of the molecule is C=CC(C)NS(=O)(=O)c1ccc(Cl)c(C(=O)O)c1. The average Bonchev–Trinajstić information content (AvgIpc) is 2.28. The third-order valence-corrected chi connectivity index (χ3v) is 4.06. The molecule has 0 heterocycles. The molecule has 1 aromatic rings. The second-order valence-corrected chi connectivity index (χ2v) is 5.71. The van der Waals surface area contributed by atoms with Crippen molar-refractivity contribution >= 4 is 27.6 Å². The van der Waals surface area contributed by atoms with Crippen molar-refractivity contribution < 1.29 is 18.3 Å². The van der Waals surface area contributed by atoms with Gasteiger partial charge in [0.15, 0.2) is 0 Å². The molecule has 5 nitrogen and oxygen atoms in total. The van der Waals surface area contributed by atoms with Crippen molar-refractivity contribution in [1.29, 1.82) is 0 Å². The highest BCUT2D eigenvalue weighted by Gasteiger charge is 2.19. The van der Waals surface area contributed by atoms with E-state index in [0.29, 0.717) is 0 Å². The number of hydrogen-bond acceptors (Lipinski definition) is 3. The Kier molecular flexibility index (Phi) is 4.50. The minimum absolute atomic E-state index is 0.0155. The van der Waals surface area contributed by atoms with Crippen molar-refractivity contribution in [2.75, 3.05) is 0 Å². The molecule has 0 saturated heterocycles. The number of nitrogens with one attached hydrogen (secondary N) is 1. The Morgan fingerprint density at radius 2 is 2.17 bits per heavy atom. The molecule has 1 aromatic carbocycles. The monoisotopic (exact) mass is 289 g/mol. The van der Waals surface area contributed by atoms with Crippen LogP contribution in [0.25, 0.3) is 0 Å². The molecule has 98 valence electrons. The van der Waals surface area contributed by atoms with E-state index in [1.807, 2.05) is 0 Å². The van der Waals surface area contributed by atoms with Crippen LogP contribution in [-0.2, 0) is 10.0 Å². The molecule has 0 fully saturated rings. The van der Waals surface area contributed by atoms with Gasteiger partial charge in [-0.3, -0.25) is 0 Å². The molecule has 2 N–H and O–H groups in total. The van der Waals surface area contributed by atoms with Crippen LogP contribution in [-0.4, -0.2) is 25.5 Å². The standard InChI is InChI=1S/C11H12ClNO4S/c1-3-7(2)13-18(16,17)8-4-5-10(12)9(6-8)11(14)15/h3-7,13H,1H2,2H3,(H,14,15). The third-order valence-electron chi connectivity index (χ3n) is 2.17. The van der Waals surface area contributed by atoms with Crippen molar-refractivity contribution in [2.24, 2.45) is 0 Å². The van der Waals surface area contributed by atoms with E-state index >= 15 is 0 Å². The quantitative estimate of drug-likeness (QED) is 0.811. The Labute approximate surface area is 110 Å². The Hall–Kier alpha value is -1.37. The van der Waals surface area contributed by atoms with Gasteiger partial charge in [-0.1, -0.05) is 17.7 Å². The highest BCUT2D eigenvalue weighted by Crippen LogP contribution is 2.20. The lowest BCUT2D eigenvalue weighted by molar-refractivity contribution is 0.0697. The van der Waals surface area contributed by atoms with Crippen molar-refractivity contribution in [3.63, 3.8) is 0 Å². The Morgan fingerprint density at radius 3 is 2.67 bits per heavy atom. The number of rotatable bonds is 5. The molecule has 1 rings (SSSR count). The molecule has 0 aliphatic carbocycles. The molecule has 0 bridgehead atoms. The lowest BCUT2D eigenvalue weighted by Gasteiger charge is -2.11. The number of aromatic carboxylic acids is 1. The van der Waals surface area contributed by atoms with Crippen molar-refractivity contribution in [1.82, 2.24) is 4.72 Å². The molecule has 1 unspecified atom stereocenters. The third kappa shape index (κ3) is 3.32. The second-order valence-electron chi connectivity index (χ2n) is 3.59. The lowest BCUT2D eigenvalue weighted by atomic mass is 10.2. The topological polar surface area (TPSA) is 83.5 Å². The van der Waals surface area contributed by atoms with E-state index in [-0.39, 0.29) is 15.5 Å². The fourth-order valence-corrected chi connectivity index (χ4v) is 2.64. The van der Waals surface area contributed by atoms with Gasteiger partial charge in [-0.2, -0.15) is 0 Å². The summed E-state index contributed by atoms with van der Waals surface area (Å²) in [5.41, 5.74) is -0.259. The average molecular weight is 290 g/mol. The van der Waals surface area contributed by atoms with Crippen LogP contribution in [0.15, 0.2) is 35.7 Å². The predicted octanol–water partition coefficient (Wildman–Crippen LogP) is 1.89. The van der Waals surface area contributed by atoms with Gasteiger partial charge in [-0.25, -0.2) is 17.9 Å². The summed E-state index contributed by atoms with van der Waals surface area (Å²) < 4.78 is 26.1. The van der Waals surface area contributed by atoms with Crippen LogP contribution in [0, 0.1) is 0 Å². The number of hydrogen-bond donors (Lipinski definition) is 2. The summed E-state index contributed by atoms with van der Waals surface area (Å²) in [6, 6.07) is 3.03. The first-order valence-corrected chi connectivity index (χ1v) is 6.82. The van der Waals surface area contributed by atoms with Crippen molar-refractivity contribution in [2.45, 2.75) is 17.9 Å². The first-order valence-electron chi connectivity index (χ1n) is 4.95. The Balaban J connectivity index is 3.22. The normalized spacial score (nSPS) is 13.0. The first-order chi connectivity index (χ1) is 8.27. The fourth-order valence-electron chi connectivity index (χ4n) is 1.20. The molecule has 1 atom stereocenters. The van der Waals surface area contributed by atoms with Crippen molar-refractivity contribution in [3.8, 4) is 0 Å². The Bertz CT molecular complexity index is 583. The van der Waals surface area contributed by atoms with Crippen molar-refractivity contribution in [3.05, 3.63) is 41.4 Å². The van der Waals surface area contributed by atoms with Gasteiger partial charge >= 0.3 is 5.97 Å². The summed E-state index contributed by atoms with van der Waals surface area (Å²) in [5, 5.41) is 8.85. The number of halogens is 1. The minimum Gasteiger partial charge on any atom is -0.478 e. The van der Waals surface area contributed by atoms with E-state index in [1.165, 1.54) is 18.2 Å². The zero-order chi connectivity index (χ0) is 13.9. The zero-order valence-corrected chi connectivity index (χ0v) is 11.1. The number of carboxylic acid groups (broad SMARTS) is 1. The van der Waals surface area contributed by atoms with Crippen LogP contribution in [0.2, 0.25) is 5.02 Å². The maximum atomic E-state index is 11.9. The zero-order valence-electron chi connectivity index (χ0n) is 9.55. The molecular weight excluding hydrogens is 278 g/mol. The van der Waals surface area contributed by atoms with E-state index in [2.05, 4.69) is 11.3 Å². The fraction of sp³-hybridized carbons (Fsp3) is 0.182. The molecule has 0 aromatic heterocycles. The number of sulfonamides is 1. The van der Waals surface area contributed by atoms with Crippen LogP contribution in [0.1, 0.15) is 17.3 Å². The van der Waals surface area contributed by atoms with Crippen LogP contribution in [0.3, 0.4) is 0 Å². The van der Waals surface area contributed by atoms with Gasteiger partial charge in [-0.05, 0) is 25.1 Å². The number of benzene rings is 1. The summed E-state index contributed by atoms with van der Waals surface area (Å²) >= 11 is 5.66. The van der Waals surface area contributed by atoms with Gasteiger partial charge in [0.1, 0.15) is 0 Å². The second kappa shape index (κ2) is 5.51. The van der Waals surface area contributed by atoms with Crippen LogP contribution in [0.4, 0.5) is 0 Å². The summed E-state index contributed by atoms with van der Waals surface area (Å²) in [4.78, 5) is 10.7. The predicted molar refractivity (Wildman–Crippen MR) is 68.4 cm³/mol. The van der Waals surface area contributed by atoms with E-state index in [1.54, 1.807) is 6.92 Å². The van der Waals surface area contributed by atoms with E-state index < -0.39 is 22.0 Å². The Morgan fingerprint density at radius 1 is 1.56 bits per heavy atom. The number of carbonyl (C=O) groups is 1. The van der Waals surface area contributed by atoms with Crippen LogP contribution >= 0.6 is 11.6 Å². The van der Waals surface area contributed by atoms with Gasteiger partial charge in [0, 0.05) is 6.04 Å². The van der Waals surface area contributed by atoms with Gasteiger partial charge in [-0.15, -0.1) is 6.58 Å². The molecule has 0 radical (unpaired) electrons.